The van der Waals surface area contributed by atoms with E-state index in [-0.39, 0.29) is 0 Å². The number of aromatic nitrogens is 2. The molecule has 0 radical (unpaired) electrons. The Morgan fingerprint density at radius 1 is 1.33 bits per heavy atom. The molecule has 3 nitrogen and oxygen atoms in total. The van der Waals surface area contributed by atoms with E-state index in [1.165, 1.54) is 5.69 Å². The van der Waals surface area contributed by atoms with Gasteiger partial charge in [0.05, 0.1) is 11.7 Å². The largest absolute Gasteiger partial charge is 0.382 e. The van der Waals surface area contributed by atoms with Gasteiger partial charge >= 0.3 is 0 Å². The van der Waals surface area contributed by atoms with E-state index in [0.29, 0.717) is 6.04 Å². The molecule has 0 fully saturated rings. The van der Waals surface area contributed by atoms with Crippen LogP contribution in [-0.2, 0) is 0 Å². The summed E-state index contributed by atoms with van der Waals surface area (Å²) in [4.78, 5) is 0. The van der Waals surface area contributed by atoms with Crippen molar-refractivity contribution in [2.24, 2.45) is 0 Å². The molecule has 0 aliphatic rings. The van der Waals surface area contributed by atoms with Gasteiger partial charge in [0.15, 0.2) is 0 Å². The van der Waals surface area contributed by atoms with Crippen LogP contribution >= 0.6 is 0 Å². The molecule has 1 heterocycles. The van der Waals surface area contributed by atoms with Crippen molar-refractivity contribution in [3.8, 4) is 0 Å². The molecular formula is C12H17N3. The lowest BCUT2D eigenvalue weighted by molar-refractivity contribution is 0.672. The normalized spacial score (nSPS) is 11.1. The number of rotatable bonds is 4. The third-order valence-electron chi connectivity index (χ3n) is 2.80. The quantitative estimate of drug-likeness (QED) is 0.801. The van der Waals surface area contributed by atoms with Crippen molar-refractivity contribution < 1.29 is 0 Å². The Labute approximate surface area is 89.9 Å². The van der Waals surface area contributed by atoms with Crippen LogP contribution in [0, 0.1) is 0 Å². The van der Waals surface area contributed by atoms with E-state index in [4.69, 9.17) is 0 Å². The molecule has 0 spiro atoms. The topological polar surface area (TPSA) is 40.7 Å². The van der Waals surface area contributed by atoms with Crippen molar-refractivity contribution in [2.75, 3.05) is 5.32 Å². The number of fused-ring (bicyclic) bond motifs is 1. The second-order valence-corrected chi connectivity index (χ2v) is 3.83. The van der Waals surface area contributed by atoms with Gasteiger partial charge in [-0.2, -0.15) is 5.10 Å². The predicted octanol–water partition coefficient (Wildman–Crippen LogP) is 3.16. The number of benzene rings is 1. The minimum atomic E-state index is 0.564. The molecule has 2 rings (SSSR count). The molecule has 0 amide bonds. The fourth-order valence-electron chi connectivity index (χ4n) is 1.76. The molecule has 0 aliphatic heterocycles. The molecule has 2 N–H and O–H groups in total. The summed E-state index contributed by atoms with van der Waals surface area (Å²) in [6.45, 7) is 4.41. The van der Waals surface area contributed by atoms with E-state index in [1.807, 2.05) is 6.20 Å². The highest BCUT2D eigenvalue weighted by Gasteiger charge is 2.03. The lowest BCUT2D eigenvalue weighted by Gasteiger charge is -2.15. The van der Waals surface area contributed by atoms with Crippen molar-refractivity contribution in [3.63, 3.8) is 0 Å². The van der Waals surface area contributed by atoms with Gasteiger partial charge in [-0.05, 0) is 31.0 Å². The minimum absolute atomic E-state index is 0.564. The molecule has 2 aromatic rings. The maximum Gasteiger partial charge on any atom is 0.0651 e. The third kappa shape index (κ3) is 2.12. The van der Waals surface area contributed by atoms with Crippen LogP contribution in [0.2, 0.25) is 0 Å². The number of H-pyrrole nitrogens is 1. The molecule has 1 aromatic carbocycles. The van der Waals surface area contributed by atoms with E-state index >= 15 is 0 Å². The molecule has 0 atom stereocenters. The maximum atomic E-state index is 4.01. The van der Waals surface area contributed by atoms with Crippen molar-refractivity contribution >= 4 is 16.6 Å². The van der Waals surface area contributed by atoms with Crippen LogP contribution in [0.4, 0.5) is 5.69 Å². The Balaban J connectivity index is 2.20. The van der Waals surface area contributed by atoms with E-state index in [1.54, 1.807) is 0 Å². The number of aromatic amines is 1. The first-order chi connectivity index (χ1) is 7.33. The van der Waals surface area contributed by atoms with Crippen molar-refractivity contribution in [1.29, 1.82) is 0 Å². The van der Waals surface area contributed by atoms with Crippen LogP contribution in [-0.4, -0.2) is 16.2 Å². The zero-order valence-electron chi connectivity index (χ0n) is 9.25. The highest BCUT2D eigenvalue weighted by molar-refractivity contribution is 5.81. The Morgan fingerprint density at radius 2 is 2.13 bits per heavy atom. The smallest absolute Gasteiger partial charge is 0.0651 e. The lowest BCUT2D eigenvalue weighted by atomic mass is 10.1. The molecule has 3 heteroatoms. The molecule has 0 saturated heterocycles. The fourth-order valence-corrected chi connectivity index (χ4v) is 1.76. The molecule has 80 valence electrons. The van der Waals surface area contributed by atoms with Gasteiger partial charge in [-0.3, -0.25) is 5.10 Å². The number of nitrogens with one attached hydrogen (secondary N) is 2. The second kappa shape index (κ2) is 4.34. The maximum absolute atomic E-state index is 4.01. The van der Waals surface area contributed by atoms with Crippen molar-refractivity contribution in [3.05, 3.63) is 24.4 Å². The van der Waals surface area contributed by atoms with E-state index < -0.39 is 0 Å². The molecule has 15 heavy (non-hydrogen) atoms. The van der Waals surface area contributed by atoms with Crippen molar-refractivity contribution in [1.82, 2.24) is 10.2 Å². The minimum Gasteiger partial charge on any atom is -0.382 e. The predicted molar refractivity (Wildman–Crippen MR) is 64.1 cm³/mol. The average Bonchev–Trinajstić information content (AvgIpc) is 2.73. The summed E-state index contributed by atoms with van der Waals surface area (Å²) in [5, 5.41) is 11.6. The summed E-state index contributed by atoms with van der Waals surface area (Å²) in [6.07, 6.45) is 4.16. The summed E-state index contributed by atoms with van der Waals surface area (Å²) in [6, 6.07) is 6.86. The Kier molecular flexibility index (Phi) is 2.90. The number of anilines is 1. The first-order valence-electron chi connectivity index (χ1n) is 5.53. The van der Waals surface area contributed by atoms with Crippen LogP contribution in [0.15, 0.2) is 24.4 Å². The zero-order chi connectivity index (χ0) is 10.7. The van der Waals surface area contributed by atoms with Gasteiger partial charge in [-0.25, -0.2) is 0 Å². The van der Waals surface area contributed by atoms with E-state index in [2.05, 4.69) is 47.6 Å². The van der Waals surface area contributed by atoms with Gasteiger partial charge < -0.3 is 5.32 Å². The zero-order valence-corrected chi connectivity index (χ0v) is 9.25. The number of hydrogen-bond donors (Lipinski definition) is 2. The molecule has 0 aliphatic carbocycles. The van der Waals surface area contributed by atoms with Crippen LogP contribution in [0.3, 0.4) is 0 Å². The van der Waals surface area contributed by atoms with Gasteiger partial charge in [-0.1, -0.05) is 13.8 Å². The van der Waals surface area contributed by atoms with Crippen LogP contribution in [0.25, 0.3) is 10.9 Å². The summed E-state index contributed by atoms with van der Waals surface area (Å²) in [5.74, 6) is 0. The van der Waals surface area contributed by atoms with Gasteiger partial charge in [0.1, 0.15) is 0 Å². The number of hydrogen-bond acceptors (Lipinski definition) is 2. The van der Waals surface area contributed by atoms with Gasteiger partial charge in [0.2, 0.25) is 0 Å². The average molecular weight is 203 g/mol. The van der Waals surface area contributed by atoms with Gasteiger partial charge in [0, 0.05) is 17.1 Å². The van der Waals surface area contributed by atoms with Crippen molar-refractivity contribution in [2.45, 2.75) is 32.7 Å². The summed E-state index contributed by atoms with van der Waals surface area (Å²) in [5.41, 5.74) is 2.27. The molecule has 0 bridgehead atoms. The Morgan fingerprint density at radius 3 is 2.87 bits per heavy atom. The molecule has 1 aromatic heterocycles. The van der Waals surface area contributed by atoms with Crippen LogP contribution in [0.5, 0.6) is 0 Å². The SMILES string of the molecule is CCC(CC)Nc1ccc2[nH]ncc2c1. The van der Waals surface area contributed by atoms with Gasteiger partial charge in [-0.15, -0.1) is 0 Å². The first kappa shape index (κ1) is 10.0. The van der Waals surface area contributed by atoms with E-state index in [0.717, 1.165) is 23.7 Å². The Hall–Kier alpha value is -1.51. The third-order valence-corrected chi connectivity index (χ3v) is 2.80. The summed E-state index contributed by atoms with van der Waals surface area (Å²) >= 11 is 0. The lowest BCUT2D eigenvalue weighted by Crippen LogP contribution is -2.16. The summed E-state index contributed by atoms with van der Waals surface area (Å²) in [7, 11) is 0. The van der Waals surface area contributed by atoms with Crippen LogP contribution in [0.1, 0.15) is 26.7 Å². The molecule has 0 saturated carbocycles. The number of nitrogens with zero attached hydrogens (tertiary/aromatic N) is 1. The Bertz CT molecular complexity index is 429. The van der Waals surface area contributed by atoms with Gasteiger partial charge in [0.25, 0.3) is 0 Å². The van der Waals surface area contributed by atoms with E-state index in [9.17, 15) is 0 Å². The highest BCUT2D eigenvalue weighted by atomic mass is 15.1. The molecule has 0 unspecified atom stereocenters. The summed E-state index contributed by atoms with van der Waals surface area (Å²) < 4.78 is 0. The van der Waals surface area contributed by atoms with Crippen LogP contribution < -0.4 is 5.32 Å². The highest BCUT2D eigenvalue weighted by Crippen LogP contribution is 2.18. The standard InChI is InChI=1S/C12H17N3/c1-3-10(4-2)14-11-5-6-12-9(7-11)8-13-15-12/h5-8,10,14H,3-4H2,1-2H3,(H,13,15). The monoisotopic (exact) mass is 203 g/mol. The first-order valence-corrected chi connectivity index (χ1v) is 5.53. The second-order valence-electron chi connectivity index (χ2n) is 3.83. The fraction of sp³-hybridized carbons (Fsp3) is 0.417. The molecular weight excluding hydrogens is 186 g/mol.